The van der Waals surface area contributed by atoms with Gasteiger partial charge in [0.2, 0.25) is 15.8 Å². The smallest absolute Gasteiger partial charge is 0.374 e. The van der Waals surface area contributed by atoms with Gasteiger partial charge in [0.25, 0.3) is 0 Å². The van der Waals surface area contributed by atoms with E-state index >= 15 is 0 Å². The number of aryl methyl sites for hydroxylation is 1. The summed E-state index contributed by atoms with van der Waals surface area (Å²) in [6, 6.07) is 9.76. The summed E-state index contributed by atoms with van der Waals surface area (Å²) in [7, 11) is -2.23. The van der Waals surface area contributed by atoms with E-state index in [0.717, 1.165) is 5.56 Å². The third-order valence-corrected chi connectivity index (χ3v) is 6.37. The van der Waals surface area contributed by atoms with Crippen LogP contribution in [0.25, 0.3) is 11.0 Å². The monoisotopic (exact) mass is 451 g/mol. The molecule has 0 saturated carbocycles. The molecular weight excluding hydrogens is 430 g/mol. The first-order valence-electron chi connectivity index (χ1n) is 9.29. The Labute approximate surface area is 180 Å². The number of hydrogen-bond acceptors (Lipinski definition) is 6. The van der Waals surface area contributed by atoms with Crippen molar-refractivity contribution in [3.05, 3.63) is 58.3 Å². The van der Waals surface area contributed by atoms with E-state index in [2.05, 4.69) is 4.72 Å². The Morgan fingerprint density at radius 2 is 1.97 bits per heavy atom. The Balaban J connectivity index is 1.77. The third kappa shape index (κ3) is 4.61. The molecule has 1 heterocycles. The zero-order valence-electron chi connectivity index (χ0n) is 16.8. The second-order valence-electron chi connectivity index (χ2n) is 6.55. The van der Waals surface area contributed by atoms with Crippen molar-refractivity contribution in [2.24, 2.45) is 0 Å². The Bertz CT molecular complexity index is 1190. The molecule has 3 aromatic rings. The molecule has 160 valence electrons. The Morgan fingerprint density at radius 3 is 2.67 bits per heavy atom. The van der Waals surface area contributed by atoms with Crippen LogP contribution in [0.3, 0.4) is 0 Å². The maximum absolute atomic E-state index is 12.7. The van der Waals surface area contributed by atoms with Crippen molar-refractivity contribution in [2.45, 2.75) is 25.2 Å². The fourth-order valence-electron chi connectivity index (χ4n) is 3.03. The molecule has 0 fully saturated rings. The van der Waals surface area contributed by atoms with Gasteiger partial charge in [0.1, 0.15) is 11.3 Å². The van der Waals surface area contributed by atoms with Crippen molar-refractivity contribution in [1.29, 1.82) is 0 Å². The largest absolute Gasteiger partial charge is 0.495 e. The molecule has 0 aliphatic carbocycles. The van der Waals surface area contributed by atoms with Crippen LogP contribution in [-0.4, -0.2) is 34.6 Å². The fraction of sp³-hybridized carbons (Fsp3) is 0.286. The van der Waals surface area contributed by atoms with Crippen molar-refractivity contribution in [1.82, 2.24) is 4.72 Å². The molecule has 30 heavy (non-hydrogen) atoms. The van der Waals surface area contributed by atoms with Crippen LogP contribution in [0.15, 0.2) is 45.7 Å². The second-order valence-corrected chi connectivity index (χ2v) is 8.73. The number of benzene rings is 2. The molecule has 0 aliphatic heterocycles. The molecule has 0 saturated heterocycles. The molecule has 2 aromatic carbocycles. The van der Waals surface area contributed by atoms with Gasteiger partial charge >= 0.3 is 5.97 Å². The average molecular weight is 452 g/mol. The molecule has 0 aliphatic rings. The van der Waals surface area contributed by atoms with Crippen LogP contribution in [0.5, 0.6) is 5.75 Å². The van der Waals surface area contributed by atoms with Crippen molar-refractivity contribution < 1.29 is 27.1 Å². The fourth-order valence-corrected chi connectivity index (χ4v) is 4.28. The number of ether oxygens (including phenoxy) is 2. The number of rotatable bonds is 8. The number of hydrogen-bond donors (Lipinski definition) is 1. The summed E-state index contributed by atoms with van der Waals surface area (Å²) in [6.07, 6.45) is 0.465. The van der Waals surface area contributed by atoms with Crippen LogP contribution in [0, 0.1) is 6.92 Å². The summed E-state index contributed by atoms with van der Waals surface area (Å²) < 4.78 is 43.7. The van der Waals surface area contributed by atoms with E-state index in [4.69, 9.17) is 25.5 Å². The summed E-state index contributed by atoms with van der Waals surface area (Å²) in [5.41, 5.74) is 1.84. The number of methoxy groups -OCH3 is 1. The minimum absolute atomic E-state index is 0.0750. The summed E-state index contributed by atoms with van der Waals surface area (Å²) >= 11 is 6.01. The van der Waals surface area contributed by atoms with Gasteiger partial charge in [-0.15, -0.1) is 0 Å². The van der Waals surface area contributed by atoms with Gasteiger partial charge in [-0.1, -0.05) is 17.7 Å². The highest BCUT2D eigenvalue weighted by atomic mass is 35.5. The molecule has 0 radical (unpaired) electrons. The summed E-state index contributed by atoms with van der Waals surface area (Å²) in [6.45, 7) is 3.81. The minimum atomic E-state index is -3.75. The van der Waals surface area contributed by atoms with Gasteiger partial charge in [0.05, 0.1) is 23.6 Å². The quantitative estimate of drug-likeness (QED) is 0.518. The van der Waals surface area contributed by atoms with Crippen molar-refractivity contribution in [2.75, 3.05) is 20.3 Å². The number of halogens is 1. The Hall–Kier alpha value is -2.55. The van der Waals surface area contributed by atoms with Crippen LogP contribution >= 0.6 is 11.6 Å². The lowest BCUT2D eigenvalue weighted by molar-refractivity contribution is 0.0491. The van der Waals surface area contributed by atoms with E-state index in [1.165, 1.54) is 25.3 Å². The first kappa shape index (κ1) is 22.1. The van der Waals surface area contributed by atoms with E-state index in [1.54, 1.807) is 26.0 Å². The van der Waals surface area contributed by atoms with Crippen LogP contribution in [0.2, 0.25) is 5.02 Å². The van der Waals surface area contributed by atoms with E-state index in [-0.39, 0.29) is 23.8 Å². The Morgan fingerprint density at radius 1 is 1.20 bits per heavy atom. The highest BCUT2D eigenvalue weighted by molar-refractivity contribution is 7.89. The molecule has 0 unspecified atom stereocenters. The molecule has 0 atom stereocenters. The lowest BCUT2D eigenvalue weighted by Gasteiger charge is -2.09. The van der Waals surface area contributed by atoms with Gasteiger partial charge in [-0.3, -0.25) is 0 Å². The van der Waals surface area contributed by atoms with Crippen LogP contribution in [0.4, 0.5) is 0 Å². The summed E-state index contributed by atoms with van der Waals surface area (Å²) in [5, 5.41) is 1.04. The van der Waals surface area contributed by atoms with Gasteiger partial charge in [-0.05, 0) is 56.2 Å². The normalized spacial score (nSPS) is 11.6. The molecule has 0 spiro atoms. The number of nitrogens with one attached hydrogen (secondary N) is 1. The van der Waals surface area contributed by atoms with Crippen LogP contribution in [0.1, 0.15) is 28.6 Å². The summed E-state index contributed by atoms with van der Waals surface area (Å²) in [5.74, 6) is 0.0356. The third-order valence-electron chi connectivity index (χ3n) is 4.60. The van der Waals surface area contributed by atoms with E-state index < -0.39 is 16.0 Å². The first-order valence-corrected chi connectivity index (χ1v) is 11.1. The predicted octanol–water partition coefficient (Wildman–Crippen LogP) is 4.10. The van der Waals surface area contributed by atoms with Gasteiger partial charge in [0.15, 0.2) is 0 Å². The number of carbonyl (C=O) groups excluding carboxylic acids is 1. The zero-order chi connectivity index (χ0) is 21.9. The highest BCUT2D eigenvalue weighted by Crippen LogP contribution is 2.28. The molecule has 9 heteroatoms. The molecule has 1 N–H and O–H groups in total. The number of esters is 1. The molecule has 7 nitrogen and oxygen atoms in total. The summed E-state index contributed by atoms with van der Waals surface area (Å²) in [4.78, 5) is 12.1. The molecule has 3 rings (SSSR count). The lowest BCUT2D eigenvalue weighted by Crippen LogP contribution is -2.26. The van der Waals surface area contributed by atoms with Gasteiger partial charge in [-0.2, -0.15) is 0 Å². The number of sulfonamides is 1. The number of fused-ring (bicyclic) bond motifs is 1. The number of carbonyl (C=O) groups is 1. The first-order chi connectivity index (χ1) is 14.3. The maximum Gasteiger partial charge on any atom is 0.374 e. The van der Waals surface area contributed by atoms with Crippen molar-refractivity contribution in [3.8, 4) is 5.75 Å². The second kappa shape index (κ2) is 9.07. The van der Waals surface area contributed by atoms with E-state index in [9.17, 15) is 13.2 Å². The van der Waals surface area contributed by atoms with Crippen LogP contribution in [-0.2, 0) is 21.2 Å². The highest BCUT2D eigenvalue weighted by Gasteiger charge is 2.21. The topological polar surface area (TPSA) is 94.8 Å². The minimum Gasteiger partial charge on any atom is -0.495 e. The van der Waals surface area contributed by atoms with Gasteiger partial charge in [0, 0.05) is 17.5 Å². The molecular formula is C21H22ClNO6S. The molecule has 0 bridgehead atoms. The average Bonchev–Trinajstić information content (AvgIpc) is 3.05. The van der Waals surface area contributed by atoms with E-state index in [0.29, 0.717) is 33.7 Å². The van der Waals surface area contributed by atoms with E-state index in [1.807, 2.05) is 6.07 Å². The molecule has 1 aromatic heterocycles. The van der Waals surface area contributed by atoms with Gasteiger partial charge in [-0.25, -0.2) is 17.9 Å². The van der Waals surface area contributed by atoms with Gasteiger partial charge < -0.3 is 13.9 Å². The lowest BCUT2D eigenvalue weighted by atomic mass is 10.1. The van der Waals surface area contributed by atoms with Crippen molar-refractivity contribution in [3.63, 3.8) is 0 Å². The predicted molar refractivity (Wildman–Crippen MR) is 114 cm³/mol. The molecule has 0 amide bonds. The zero-order valence-corrected chi connectivity index (χ0v) is 18.4. The maximum atomic E-state index is 12.7. The standard InChI is InChI=1S/C21H22ClNO6S/c1-4-28-21(24)20-13(2)16-12-15(6-8-18(16)29-20)30(25,26)23-10-9-14-5-7-17(22)19(11-14)27-3/h5-8,11-12,23H,4,9-10H2,1-3H3. The Kier molecular flexibility index (Phi) is 6.70. The number of furan rings is 1. The SMILES string of the molecule is CCOC(=O)c1oc2ccc(S(=O)(=O)NCCc3ccc(Cl)c(OC)c3)cc2c1C. The van der Waals surface area contributed by atoms with Crippen LogP contribution < -0.4 is 9.46 Å². The van der Waals surface area contributed by atoms with Crippen molar-refractivity contribution >= 4 is 38.6 Å².